The summed E-state index contributed by atoms with van der Waals surface area (Å²) < 4.78 is 13.5. The maximum atomic E-state index is 13.5. The van der Waals surface area contributed by atoms with Gasteiger partial charge in [-0.05, 0) is 38.8 Å². The van der Waals surface area contributed by atoms with E-state index in [1.165, 1.54) is 0 Å². The fraction of sp³-hybridized carbons (Fsp3) is 0.480. The lowest BCUT2D eigenvalue weighted by Gasteiger charge is -2.41. The van der Waals surface area contributed by atoms with Gasteiger partial charge in [0.1, 0.15) is 11.9 Å². The molecule has 9 heteroatoms. The zero-order chi connectivity index (χ0) is 23.4. The van der Waals surface area contributed by atoms with Gasteiger partial charge in [0, 0.05) is 18.7 Å². The van der Waals surface area contributed by atoms with Gasteiger partial charge in [-0.15, -0.1) is 0 Å². The summed E-state index contributed by atoms with van der Waals surface area (Å²) in [5.41, 5.74) is 4.87. The maximum Gasteiger partial charge on any atom is 0.258 e. The summed E-state index contributed by atoms with van der Waals surface area (Å²) in [6.07, 6.45) is 2.03. The van der Waals surface area contributed by atoms with Crippen LogP contribution in [0.2, 0.25) is 5.02 Å². The van der Waals surface area contributed by atoms with Crippen LogP contribution >= 0.6 is 11.6 Å². The van der Waals surface area contributed by atoms with Gasteiger partial charge in [-0.25, -0.2) is 9.50 Å². The smallest absolute Gasteiger partial charge is 0.258 e. The van der Waals surface area contributed by atoms with Gasteiger partial charge in [0.05, 0.1) is 60.0 Å². The molecule has 0 atom stereocenters. The van der Waals surface area contributed by atoms with Crippen molar-refractivity contribution in [1.82, 2.24) is 24.4 Å². The Kier molecular flexibility index (Phi) is 5.47. The van der Waals surface area contributed by atoms with E-state index >= 15 is 0 Å². The molecule has 2 fully saturated rings. The summed E-state index contributed by atoms with van der Waals surface area (Å²) in [6.45, 7) is 8.45. The highest BCUT2D eigenvalue weighted by Crippen LogP contribution is 2.32. The zero-order valence-electron chi connectivity index (χ0n) is 19.5. The second-order valence-corrected chi connectivity index (χ2v) is 9.84. The van der Waals surface area contributed by atoms with E-state index in [2.05, 4.69) is 9.88 Å². The second kappa shape index (κ2) is 8.52. The van der Waals surface area contributed by atoms with E-state index in [1.807, 2.05) is 43.0 Å². The molecule has 3 aromatic rings. The molecule has 0 radical (unpaired) electrons. The Morgan fingerprint density at radius 2 is 1.91 bits per heavy atom. The molecule has 3 aliphatic heterocycles. The van der Waals surface area contributed by atoms with Gasteiger partial charge in [0.25, 0.3) is 5.91 Å². The first kappa shape index (κ1) is 21.8. The Morgan fingerprint density at radius 1 is 1.15 bits per heavy atom. The topological polar surface area (TPSA) is 72.2 Å². The summed E-state index contributed by atoms with van der Waals surface area (Å²) in [4.78, 5) is 22.5. The Balaban J connectivity index is 1.18. The monoisotopic (exact) mass is 481 g/mol. The molecule has 3 aliphatic rings. The number of likely N-dealkylation sites (tertiary alicyclic amines) is 1. The molecule has 2 aromatic heterocycles. The minimum atomic E-state index is -0.0433. The molecule has 178 valence electrons. The molecule has 8 nitrogen and oxygen atoms in total. The lowest BCUT2D eigenvalue weighted by molar-refractivity contribution is -0.0778. The van der Waals surface area contributed by atoms with Crippen LogP contribution in [0.1, 0.15) is 45.8 Å². The molecule has 5 heterocycles. The van der Waals surface area contributed by atoms with Crippen molar-refractivity contribution in [3.8, 4) is 5.75 Å². The number of carbonyl (C=O) groups is 1. The van der Waals surface area contributed by atoms with Crippen LogP contribution in [0.25, 0.3) is 5.65 Å². The first-order valence-electron chi connectivity index (χ1n) is 11.9. The number of hydrogen-bond donors (Lipinski definition) is 0. The molecule has 0 N–H and O–H groups in total. The lowest BCUT2D eigenvalue weighted by atomic mass is 10.0. The van der Waals surface area contributed by atoms with Crippen LogP contribution in [0.4, 0.5) is 0 Å². The number of rotatable bonds is 4. The van der Waals surface area contributed by atoms with Crippen LogP contribution in [-0.4, -0.2) is 68.8 Å². The third-order valence-corrected chi connectivity index (χ3v) is 7.81. The van der Waals surface area contributed by atoms with Crippen molar-refractivity contribution in [2.75, 3.05) is 26.3 Å². The van der Waals surface area contributed by atoms with E-state index in [-0.39, 0.29) is 12.0 Å². The van der Waals surface area contributed by atoms with Crippen LogP contribution < -0.4 is 4.74 Å². The van der Waals surface area contributed by atoms with Gasteiger partial charge in [0.15, 0.2) is 5.65 Å². The normalized spacial score (nSPS) is 19.4. The highest BCUT2D eigenvalue weighted by Gasteiger charge is 2.33. The van der Waals surface area contributed by atoms with Crippen LogP contribution in [0.15, 0.2) is 24.3 Å². The summed E-state index contributed by atoms with van der Waals surface area (Å²) >= 11 is 6.36. The molecular formula is C25H28ClN5O3. The van der Waals surface area contributed by atoms with E-state index in [4.69, 9.17) is 26.2 Å². The number of aromatic nitrogens is 3. The summed E-state index contributed by atoms with van der Waals surface area (Å²) in [7, 11) is 0. The number of piperidine rings is 1. The Bertz CT molecular complexity index is 1260. The number of halogens is 1. The third-order valence-electron chi connectivity index (χ3n) is 7.27. The SMILES string of the molecule is Cc1nc2c3c(nn2c(C)c1Cl)CN(C(=O)c1ccccc1OC1CCN(C2COC2)CC1)C3. The zero-order valence-corrected chi connectivity index (χ0v) is 20.2. The molecule has 2 saturated heterocycles. The molecule has 0 aliphatic carbocycles. The summed E-state index contributed by atoms with van der Waals surface area (Å²) in [5, 5.41) is 5.33. The van der Waals surface area contributed by atoms with Gasteiger partial charge >= 0.3 is 0 Å². The van der Waals surface area contributed by atoms with E-state index < -0.39 is 0 Å². The van der Waals surface area contributed by atoms with Crippen molar-refractivity contribution in [1.29, 1.82) is 0 Å². The van der Waals surface area contributed by atoms with Gasteiger partial charge in [0.2, 0.25) is 0 Å². The van der Waals surface area contributed by atoms with E-state index in [0.717, 1.165) is 67.4 Å². The average molecular weight is 482 g/mol. The predicted octanol–water partition coefficient (Wildman–Crippen LogP) is 3.40. The number of amides is 1. The van der Waals surface area contributed by atoms with Gasteiger partial charge in [-0.2, -0.15) is 5.10 Å². The van der Waals surface area contributed by atoms with Crippen molar-refractivity contribution in [3.05, 3.63) is 57.5 Å². The van der Waals surface area contributed by atoms with Gasteiger partial charge in [-0.1, -0.05) is 23.7 Å². The van der Waals surface area contributed by atoms with Crippen molar-refractivity contribution in [2.24, 2.45) is 0 Å². The number of nitrogens with zero attached hydrogens (tertiary/aromatic N) is 5. The molecule has 0 spiro atoms. The second-order valence-electron chi connectivity index (χ2n) is 9.46. The van der Waals surface area contributed by atoms with Crippen molar-refractivity contribution < 1.29 is 14.3 Å². The summed E-state index contributed by atoms with van der Waals surface area (Å²) in [6, 6.07) is 8.14. The number of ether oxygens (including phenoxy) is 2. The average Bonchev–Trinajstić information content (AvgIpc) is 3.37. The number of hydrogen-bond acceptors (Lipinski definition) is 6. The number of para-hydroxylation sites is 1. The van der Waals surface area contributed by atoms with Crippen LogP contribution in [-0.2, 0) is 17.8 Å². The highest BCUT2D eigenvalue weighted by molar-refractivity contribution is 6.31. The fourth-order valence-corrected chi connectivity index (χ4v) is 5.27. The quantitative estimate of drug-likeness (QED) is 0.568. The van der Waals surface area contributed by atoms with E-state index in [9.17, 15) is 4.79 Å². The van der Waals surface area contributed by atoms with E-state index in [0.29, 0.717) is 35.5 Å². The molecule has 0 unspecified atom stereocenters. The molecule has 1 aromatic carbocycles. The molecule has 34 heavy (non-hydrogen) atoms. The number of fused-ring (bicyclic) bond motifs is 3. The van der Waals surface area contributed by atoms with E-state index in [1.54, 1.807) is 4.52 Å². The Labute approximate surface area is 203 Å². The molecule has 0 saturated carbocycles. The van der Waals surface area contributed by atoms with Crippen LogP contribution in [0, 0.1) is 13.8 Å². The predicted molar refractivity (Wildman–Crippen MR) is 127 cm³/mol. The van der Waals surface area contributed by atoms with Crippen LogP contribution in [0.5, 0.6) is 5.75 Å². The lowest BCUT2D eigenvalue weighted by Crippen LogP contribution is -2.52. The van der Waals surface area contributed by atoms with Crippen molar-refractivity contribution in [2.45, 2.75) is 51.9 Å². The molecule has 6 rings (SSSR count). The van der Waals surface area contributed by atoms with Gasteiger partial charge < -0.3 is 14.4 Å². The maximum absolute atomic E-state index is 13.5. The number of carbonyl (C=O) groups excluding carboxylic acids is 1. The van der Waals surface area contributed by atoms with Crippen molar-refractivity contribution >= 4 is 23.2 Å². The first-order valence-corrected chi connectivity index (χ1v) is 12.3. The number of aryl methyl sites for hydroxylation is 2. The standard InChI is InChI=1S/C25H28ClN5O3/c1-15-23(26)16(2)31-24(27-15)20-11-30(12-21(20)28-31)25(32)19-5-3-4-6-22(19)34-18-7-9-29(10-8-18)17-13-33-14-17/h3-6,17-18H,7-14H2,1-2H3. The summed E-state index contributed by atoms with van der Waals surface area (Å²) in [5.74, 6) is 0.617. The third kappa shape index (κ3) is 3.65. The number of benzene rings is 1. The minimum absolute atomic E-state index is 0.0433. The van der Waals surface area contributed by atoms with Crippen LogP contribution in [0.3, 0.4) is 0 Å². The largest absolute Gasteiger partial charge is 0.489 e. The minimum Gasteiger partial charge on any atom is -0.489 e. The Morgan fingerprint density at radius 3 is 2.65 bits per heavy atom. The molecular weight excluding hydrogens is 454 g/mol. The highest BCUT2D eigenvalue weighted by atomic mass is 35.5. The fourth-order valence-electron chi connectivity index (χ4n) is 5.15. The van der Waals surface area contributed by atoms with Gasteiger partial charge in [-0.3, -0.25) is 9.69 Å². The van der Waals surface area contributed by atoms with Crippen molar-refractivity contribution in [3.63, 3.8) is 0 Å². The Hall–Kier alpha value is -2.68. The molecule has 1 amide bonds. The first-order chi connectivity index (χ1) is 16.5. The molecule has 0 bridgehead atoms.